The van der Waals surface area contributed by atoms with Gasteiger partial charge < -0.3 is 20.5 Å². The molecule has 6 heteroatoms. The van der Waals surface area contributed by atoms with Crippen molar-refractivity contribution in [2.24, 2.45) is 0 Å². The summed E-state index contributed by atoms with van der Waals surface area (Å²) in [4.78, 5) is 8.08. The van der Waals surface area contributed by atoms with E-state index in [9.17, 15) is 0 Å². The summed E-state index contributed by atoms with van der Waals surface area (Å²) >= 11 is 0. The van der Waals surface area contributed by atoms with Gasteiger partial charge in [0.2, 0.25) is 0 Å². The van der Waals surface area contributed by atoms with Gasteiger partial charge in [-0.2, -0.15) is 0 Å². The molecule has 1 atom stereocenters. The topological polar surface area (TPSA) is 72.0 Å². The summed E-state index contributed by atoms with van der Waals surface area (Å²) in [6, 6.07) is 4.36. The summed E-state index contributed by atoms with van der Waals surface area (Å²) in [6.45, 7) is 14.7. The molecule has 3 N–H and O–H groups in total. The number of ether oxygens (including phenoxy) is 1. The average Bonchev–Trinajstić information content (AvgIpc) is 3.30. The van der Waals surface area contributed by atoms with Crippen LogP contribution in [-0.2, 0) is 16.3 Å². The lowest BCUT2D eigenvalue weighted by molar-refractivity contribution is -0.248. The summed E-state index contributed by atoms with van der Waals surface area (Å²) in [6.07, 6.45) is 9.43. The maximum Gasteiger partial charge on any atom is 0.125 e. The second kappa shape index (κ2) is 17.7. The minimum absolute atomic E-state index is 0.250. The van der Waals surface area contributed by atoms with Crippen LogP contribution in [0.1, 0.15) is 50.8 Å². The van der Waals surface area contributed by atoms with Gasteiger partial charge in [0.05, 0.1) is 14.2 Å². The first kappa shape index (κ1) is 27.9. The predicted octanol–water partition coefficient (Wildman–Crippen LogP) is 4.31. The number of fused-ring (bicyclic) bond motifs is 1. The van der Waals surface area contributed by atoms with Crippen molar-refractivity contribution in [1.82, 2.24) is 10.6 Å². The van der Waals surface area contributed by atoms with Crippen LogP contribution in [0.4, 0.5) is 0 Å². The van der Waals surface area contributed by atoms with Gasteiger partial charge in [-0.05, 0) is 67.9 Å². The third kappa shape index (κ3) is 9.59. The first-order chi connectivity index (χ1) is 14.6. The molecule has 2 aliphatic heterocycles. The number of nitrogens with one attached hydrogen (secondary N) is 2. The molecular weight excluding hydrogens is 380 g/mol. The summed E-state index contributed by atoms with van der Waals surface area (Å²) in [5.74, 6) is 0.995. The Bertz CT molecular complexity index is 649. The van der Waals surface area contributed by atoms with Crippen molar-refractivity contribution < 1.29 is 19.6 Å². The molecule has 0 aromatic heterocycles. The van der Waals surface area contributed by atoms with E-state index in [2.05, 4.69) is 51.3 Å². The molecule has 0 aliphatic carbocycles. The molecule has 0 bridgehead atoms. The van der Waals surface area contributed by atoms with E-state index in [1.807, 2.05) is 33.0 Å². The quantitative estimate of drug-likeness (QED) is 0.375. The molecule has 3 rings (SSSR count). The zero-order valence-corrected chi connectivity index (χ0v) is 19.5. The van der Waals surface area contributed by atoms with Crippen LogP contribution < -0.4 is 15.4 Å². The van der Waals surface area contributed by atoms with E-state index in [4.69, 9.17) is 9.84 Å². The van der Waals surface area contributed by atoms with Gasteiger partial charge >= 0.3 is 0 Å². The maximum absolute atomic E-state index is 7.57. The van der Waals surface area contributed by atoms with E-state index in [1.165, 1.54) is 30.9 Å². The number of rotatable bonds is 5. The Morgan fingerprint density at radius 3 is 2.43 bits per heavy atom. The highest BCUT2D eigenvalue weighted by Crippen LogP contribution is 2.32. The Morgan fingerprint density at radius 2 is 1.93 bits per heavy atom. The number of aliphatic hydroxyl groups is 1. The van der Waals surface area contributed by atoms with Crippen molar-refractivity contribution in [1.29, 1.82) is 0 Å². The largest absolute Gasteiger partial charge is 0.489 e. The average molecular weight is 421 g/mol. The van der Waals surface area contributed by atoms with Crippen LogP contribution in [0.15, 0.2) is 37.1 Å². The highest BCUT2D eigenvalue weighted by molar-refractivity contribution is 5.77. The molecule has 30 heavy (non-hydrogen) atoms. The zero-order chi connectivity index (χ0) is 22.8. The van der Waals surface area contributed by atoms with Gasteiger partial charge in [0, 0.05) is 25.3 Å². The molecule has 2 aliphatic rings. The van der Waals surface area contributed by atoms with E-state index in [0.717, 1.165) is 37.4 Å². The smallest absolute Gasteiger partial charge is 0.125 e. The number of hydrogen-bond acceptors (Lipinski definition) is 6. The minimum Gasteiger partial charge on any atom is -0.489 e. The second-order valence-corrected chi connectivity index (χ2v) is 6.09. The van der Waals surface area contributed by atoms with Crippen molar-refractivity contribution in [3.05, 3.63) is 53.8 Å². The fraction of sp³-hybridized carbons (Fsp3) is 0.500. The van der Waals surface area contributed by atoms with Crippen LogP contribution in [0.3, 0.4) is 0 Å². The summed E-state index contributed by atoms with van der Waals surface area (Å²) in [5.41, 5.74) is 4.78. The highest BCUT2D eigenvalue weighted by atomic mass is 17.2. The summed E-state index contributed by atoms with van der Waals surface area (Å²) in [7, 11) is 2.92. The van der Waals surface area contributed by atoms with E-state index < -0.39 is 0 Å². The lowest BCUT2D eigenvalue weighted by atomic mass is 9.96. The highest BCUT2D eigenvalue weighted by Gasteiger charge is 2.20. The molecule has 1 fully saturated rings. The van der Waals surface area contributed by atoms with Gasteiger partial charge in [-0.3, -0.25) is 0 Å². The predicted molar refractivity (Wildman–Crippen MR) is 126 cm³/mol. The third-order valence-electron chi connectivity index (χ3n) is 4.24. The van der Waals surface area contributed by atoms with Gasteiger partial charge in [0.25, 0.3) is 0 Å². The van der Waals surface area contributed by atoms with E-state index >= 15 is 0 Å². The molecule has 0 amide bonds. The first-order valence-electron chi connectivity index (χ1n) is 10.6. The van der Waals surface area contributed by atoms with E-state index in [1.54, 1.807) is 6.92 Å². The first-order valence-corrected chi connectivity index (χ1v) is 10.6. The molecule has 1 unspecified atom stereocenters. The summed E-state index contributed by atoms with van der Waals surface area (Å²) < 4.78 is 6.26. The maximum atomic E-state index is 7.57. The van der Waals surface area contributed by atoms with E-state index in [0.29, 0.717) is 0 Å². The van der Waals surface area contributed by atoms with Crippen LogP contribution in [0, 0.1) is 0 Å². The van der Waals surface area contributed by atoms with Crippen molar-refractivity contribution in [3.8, 4) is 5.75 Å². The van der Waals surface area contributed by atoms with Crippen molar-refractivity contribution in [3.63, 3.8) is 0 Å². The van der Waals surface area contributed by atoms with Crippen LogP contribution >= 0.6 is 0 Å². The Hall–Kier alpha value is -2.12. The molecule has 6 nitrogen and oxygen atoms in total. The van der Waals surface area contributed by atoms with Gasteiger partial charge in [0.15, 0.2) is 0 Å². The molecule has 2 heterocycles. The number of hydrogen-bond donors (Lipinski definition) is 3. The number of benzene rings is 1. The Labute approximate surface area is 182 Å². The van der Waals surface area contributed by atoms with Gasteiger partial charge in [-0.1, -0.05) is 32.6 Å². The van der Waals surface area contributed by atoms with Gasteiger partial charge in [-0.25, -0.2) is 9.78 Å². The molecule has 1 aromatic rings. The van der Waals surface area contributed by atoms with E-state index in [-0.39, 0.29) is 12.7 Å². The van der Waals surface area contributed by atoms with Crippen LogP contribution in [-0.4, -0.2) is 45.1 Å². The molecule has 0 saturated carbocycles. The number of allylic oxidation sites excluding steroid dienone is 3. The lowest BCUT2D eigenvalue weighted by Gasteiger charge is -2.22. The van der Waals surface area contributed by atoms with Crippen LogP contribution in [0.5, 0.6) is 5.75 Å². The molecule has 0 radical (unpaired) electrons. The zero-order valence-electron chi connectivity index (χ0n) is 19.5. The molecular formula is C24H40N2O4. The summed E-state index contributed by atoms with van der Waals surface area (Å²) in [5, 5.41) is 14.2. The van der Waals surface area contributed by atoms with Gasteiger partial charge in [0.1, 0.15) is 11.9 Å². The lowest BCUT2D eigenvalue weighted by Crippen LogP contribution is -2.21. The molecule has 0 spiro atoms. The SMILES string of the molecule is C=C/C(=C\C)c1cc2c(c(OC3CCNC3)c1)CNC=C2.CC.CCO.COOC. The normalized spacial score (nSPS) is 16.4. The standard InChI is InChI=1S/C18H22N2O.C2H6O2.C2H6O.C2H6/c1-3-13(4-2)15-9-14-5-7-20-12-17(14)18(10-15)21-16-6-8-19-11-16;1-3-4-2;1-2-3;1-2/h3-5,7,9-10,16,19-20H,1,6,8,11-12H2,2H3;1-2H3;3H,2H2,1H3;1-2H3/b13-4+;;;. The van der Waals surface area contributed by atoms with Crippen molar-refractivity contribution in [2.45, 2.75) is 46.8 Å². The molecule has 1 saturated heterocycles. The molecule has 1 aromatic carbocycles. The minimum atomic E-state index is 0.250. The number of aliphatic hydroxyl groups excluding tert-OH is 1. The Kier molecular flexibility index (Phi) is 16.5. The second-order valence-electron chi connectivity index (χ2n) is 6.09. The van der Waals surface area contributed by atoms with Gasteiger partial charge in [-0.15, -0.1) is 0 Å². The molecule has 170 valence electrons. The third-order valence-corrected chi connectivity index (χ3v) is 4.24. The Balaban J connectivity index is 0.000000806. The van der Waals surface area contributed by atoms with Crippen molar-refractivity contribution >= 4 is 11.6 Å². The fourth-order valence-electron chi connectivity index (χ4n) is 2.90. The van der Waals surface area contributed by atoms with Crippen LogP contribution in [0.2, 0.25) is 0 Å². The fourth-order valence-corrected chi connectivity index (χ4v) is 2.90. The Morgan fingerprint density at radius 1 is 1.27 bits per heavy atom. The van der Waals surface area contributed by atoms with Crippen molar-refractivity contribution in [2.75, 3.05) is 33.9 Å². The monoisotopic (exact) mass is 420 g/mol. The van der Waals surface area contributed by atoms with Crippen LogP contribution in [0.25, 0.3) is 11.6 Å².